The molecule has 4 rings (SSSR count). The van der Waals surface area contributed by atoms with Crippen LogP contribution in [0.15, 0.2) is 52.2 Å². The van der Waals surface area contributed by atoms with Crippen molar-refractivity contribution in [2.75, 3.05) is 13.1 Å². The summed E-state index contributed by atoms with van der Waals surface area (Å²) in [6.07, 6.45) is 5.52. The van der Waals surface area contributed by atoms with E-state index in [-0.39, 0.29) is 23.6 Å². The zero-order valence-electron chi connectivity index (χ0n) is 15.7. The molecule has 1 unspecified atom stereocenters. The Kier molecular flexibility index (Phi) is 5.53. The third-order valence-corrected chi connectivity index (χ3v) is 6.69. The Hall–Kier alpha value is -2.49. The Labute approximate surface area is 173 Å². The molecule has 0 saturated carbocycles. The van der Waals surface area contributed by atoms with Gasteiger partial charge in [-0.1, -0.05) is 23.7 Å². The number of oxazole rings is 1. The molecule has 3 heterocycles. The number of ether oxygens (including phenoxy) is 1. The highest BCUT2D eigenvalue weighted by molar-refractivity contribution is 7.89. The van der Waals surface area contributed by atoms with Gasteiger partial charge in [-0.05, 0) is 25.0 Å². The molecule has 0 amide bonds. The molecule has 0 N–H and O–H groups in total. The molecule has 10 heteroatoms. The molecule has 29 heavy (non-hydrogen) atoms. The van der Waals surface area contributed by atoms with E-state index < -0.39 is 10.0 Å². The summed E-state index contributed by atoms with van der Waals surface area (Å²) in [7, 11) is -3.64. The number of piperidine rings is 1. The molecule has 0 bridgehead atoms. The first-order valence-corrected chi connectivity index (χ1v) is 10.9. The summed E-state index contributed by atoms with van der Waals surface area (Å²) in [6.45, 7) is 2.43. The minimum absolute atomic E-state index is 0.186. The highest BCUT2D eigenvalue weighted by Gasteiger charge is 2.31. The summed E-state index contributed by atoms with van der Waals surface area (Å²) in [5, 5.41) is 0.412. The average molecular weight is 435 g/mol. The van der Waals surface area contributed by atoms with Gasteiger partial charge in [-0.2, -0.15) is 4.31 Å². The molecule has 1 fully saturated rings. The molecule has 0 spiro atoms. The second-order valence-corrected chi connectivity index (χ2v) is 9.08. The van der Waals surface area contributed by atoms with Gasteiger partial charge in [-0.3, -0.25) is 0 Å². The summed E-state index contributed by atoms with van der Waals surface area (Å²) in [5.41, 5.74) is 1.46. The lowest BCUT2D eigenvalue weighted by molar-refractivity contribution is 0.119. The molecule has 3 aromatic rings. The molecule has 1 saturated heterocycles. The Morgan fingerprint density at radius 2 is 1.93 bits per heavy atom. The van der Waals surface area contributed by atoms with Crippen LogP contribution in [0.3, 0.4) is 0 Å². The first-order valence-electron chi connectivity index (χ1n) is 9.09. The van der Waals surface area contributed by atoms with E-state index in [1.807, 2.05) is 0 Å². The number of hydrogen-bond donors (Lipinski definition) is 0. The van der Waals surface area contributed by atoms with Crippen molar-refractivity contribution in [1.29, 1.82) is 0 Å². The van der Waals surface area contributed by atoms with Crippen molar-refractivity contribution in [3.8, 4) is 17.3 Å². The topological polar surface area (TPSA) is 98.4 Å². The van der Waals surface area contributed by atoms with Gasteiger partial charge in [-0.25, -0.2) is 23.4 Å². The van der Waals surface area contributed by atoms with Gasteiger partial charge in [0.1, 0.15) is 18.1 Å². The molecule has 8 nitrogen and oxygen atoms in total. The van der Waals surface area contributed by atoms with Crippen LogP contribution in [-0.4, -0.2) is 46.9 Å². The largest absolute Gasteiger partial charge is 0.459 e. The minimum atomic E-state index is -3.64. The van der Waals surface area contributed by atoms with Gasteiger partial charge in [0.05, 0.1) is 28.9 Å². The first kappa shape index (κ1) is 19.8. The quantitative estimate of drug-likeness (QED) is 0.607. The lowest BCUT2D eigenvalue weighted by Gasteiger charge is -2.31. The molecular formula is C19H19ClN4O4S. The van der Waals surface area contributed by atoms with Crippen molar-refractivity contribution in [3.05, 3.63) is 53.8 Å². The lowest BCUT2D eigenvalue weighted by atomic mass is 10.1. The maximum absolute atomic E-state index is 13.1. The number of benzene rings is 1. The highest BCUT2D eigenvalue weighted by Crippen LogP contribution is 2.25. The molecular weight excluding hydrogens is 416 g/mol. The average Bonchev–Trinajstić information content (AvgIpc) is 3.16. The fraction of sp³-hybridized carbons (Fsp3) is 0.316. The van der Waals surface area contributed by atoms with Crippen molar-refractivity contribution in [1.82, 2.24) is 19.3 Å². The Bertz CT molecular complexity index is 1080. The third kappa shape index (κ3) is 4.42. The van der Waals surface area contributed by atoms with Crippen molar-refractivity contribution in [3.63, 3.8) is 0 Å². The van der Waals surface area contributed by atoms with E-state index in [4.69, 9.17) is 20.8 Å². The number of halogens is 1. The molecule has 1 aromatic carbocycles. The zero-order chi connectivity index (χ0) is 20.4. The number of hydrogen-bond acceptors (Lipinski definition) is 7. The van der Waals surface area contributed by atoms with Gasteiger partial charge in [0.2, 0.25) is 10.0 Å². The number of aryl methyl sites for hydroxylation is 1. The molecule has 0 radical (unpaired) electrons. The Balaban J connectivity index is 1.48. The SMILES string of the molecule is Cc1nc(-c2ccc(S(=O)(=O)N3CCCC(Oc4ncc(Cl)cn4)C3)cc2)co1. The van der Waals surface area contributed by atoms with Gasteiger partial charge in [0.25, 0.3) is 0 Å². The van der Waals surface area contributed by atoms with Crippen molar-refractivity contribution in [2.45, 2.75) is 30.8 Å². The molecule has 152 valence electrons. The summed E-state index contributed by atoms with van der Waals surface area (Å²) >= 11 is 5.78. The zero-order valence-corrected chi connectivity index (χ0v) is 17.2. The monoisotopic (exact) mass is 434 g/mol. The van der Waals surface area contributed by atoms with Crippen LogP contribution >= 0.6 is 11.6 Å². The number of rotatable bonds is 5. The maximum atomic E-state index is 13.1. The minimum Gasteiger partial charge on any atom is -0.459 e. The van der Waals surface area contributed by atoms with Crippen molar-refractivity contribution < 1.29 is 17.6 Å². The predicted octanol–water partition coefficient (Wildman–Crippen LogP) is 3.33. The fourth-order valence-electron chi connectivity index (χ4n) is 3.17. The van der Waals surface area contributed by atoms with E-state index in [1.54, 1.807) is 37.5 Å². The molecule has 1 atom stereocenters. The second kappa shape index (κ2) is 8.10. The lowest BCUT2D eigenvalue weighted by Crippen LogP contribution is -2.44. The standard InChI is InChI=1S/C19H19ClN4O4S/c1-13-23-18(12-27-13)14-4-6-17(7-5-14)29(25,26)24-8-2-3-16(11-24)28-19-21-9-15(20)10-22-19/h4-7,9-10,12,16H,2-3,8,11H2,1H3. The van der Waals surface area contributed by atoms with E-state index >= 15 is 0 Å². The summed E-state index contributed by atoms with van der Waals surface area (Å²) in [6, 6.07) is 6.81. The van der Waals surface area contributed by atoms with E-state index in [2.05, 4.69) is 15.0 Å². The van der Waals surface area contributed by atoms with Gasteiger partial charge in [-0.15, -0.1) is 0 Å². The summed E-state index contributed by atoms with van der Waals surface area (Å²) < 4.78 is 38.5. The molecule has 1 aliphatic heterocycles. The molecule has 2 aromatic heterocycles. The van der Waals surface area contributed by atoms with Gasteiger partial charge >= 0.3 is 6.01 Å². The number of nitrogens with zero attached hydrogens (tertiary/aromatic N) is 4. The van der Waals surface area contributed by atoms with Gasteiger partial charge in [0, 0.05) is 19.0 Å². The van der Waals surface area contributed by atoms with Crippen LogP contribution in [0.5, 0.6) is 6.01 Å². The second-order valence-electron chi connectivity index (χ2n) is 6.71. The van der Waals surface area contributed by atoms with E-state index in [0.717, 1.165) is 12.0 Å². The van der Waals surface area contributed by atoms with Crippen molar-refractivity contribution in [2.24, 2.45) is 0 Å². The van der Waals surface area contributed by atoms with Crippen molar-refractivity contribution >= 4 is 21.6 Å². The van der Waals surface area contributed by atoms with Crippen LogP contribution in [0.25, 0.3) is 11.3 Å². The smallest absolute Gasteiger partial charge is 0.316 e. The van der Waals surface area contributed by atoms with E-state index in [1.165, 1.54) is 16.7 Å². The van der Waals surface area contributed by atoms with E-state index in [9.17, 15) is 8.42 Å². The van der Waals surface area contributed by atoms with Crippen LogP contribution in [0.2, 0.25) is 5.02 Å². The Morgan fingerprint density at radius 1 is 1.21 bits per heavy atom. The van der Waals surface area contributed by atoms with Gasteiger partial charge < -0.3 is 9.15 Å². The maximum Gasteiger partial charge on any atom is 0.316 e. The normalized spacial score (nSPS) is 17.9. The summed E-state index contributed by atoms with van der Waals surface area (Å²) in [5.74, 6) is 0.556. The highest BCUT2D eigenvalue weighted by atomic mass is 35.5. The third-order valence-electron chi connectivity index (χ3n) is 4.62. The van der Waals surface area contributed by atoms with Crippen LogP contribution in [0.1, 0.15) is 18.7 Å². The first-order chi connectivity index (χ1) is 13.9. The fourth-order valence-corrected chi connectivity index (χ4v) is 4.78. The van der Waals surface area contributed by atoms with Crippen LogP contribution < -0.4 is 4.74 Å². The Morgan fingerprint density at radius 3 is 2.59 bits per heavy atom. The van der Waals surface area contributed by atoms with Gasteiger partial charge in [0.15, 0.2) is 5.89 Å². The number of aromatic nitrogens is 3. The molecule has 1 aliphatic rings. The van der Waals surface area contributed by atoms with Crippen LogP contribution in [0, 0.1) is 6.92 Å². The predicted molar refractivity (Wildman–Crippen MR) is 106 cm³/mol. The summed E-state index contributed by atoms with van der Waals surface area (Å²) in [4.78, 5) is 12.5. The van der Waals surface area contributed by atoms with E-state index in [0.29, 0.717) is 29.6 Å². The number of sulfonamides is 1. The van der Waals surface area contributed by atoms with Crippen LogP contribution in [-0.2, 0) is 10.0 Å². The van der Waals surface area contributed by atoms with Crippen LogP contribution in [0.4, 0.5) is 0 Å². The molecule has 0 aliphatic carbocycles.